The van der Waals surface area contributed by atoms with Crippen LogP contribution in [0.1, 0.15) is 44.9 Å². The van der Waals surface area contributed by atoms with Crippen molar-refractivity contribution in [3.05, 3.63) is 11.1 Å². The van der Waals surface area contributed by atoms with Gasteiger partial charge in [-0.1, -0.05) is 41.8 Å². The number of aliphatic carboxylic acids is 1. The van der Waals surface area contributed by atoms with Crippen LogP contribution in [-0.2, 0) is 9.59 Å². The van der Waals surface area contributed by atoms with E-state index >= 15 is 0 Å². The summed E-state index contributed by atoms with van der Waals surface area (Å²) in [4.78, 5) is 22.8. The molecule has 0 aliphatic heterocycles. The van der Waals surface area contributed by atoms with Crippen LogP contribution in [0, 0.1) is 5.41 Å². The largest absolute Gasteiger partial charge is 0.481 e. The summed E-state index contributed by atoms with van der Waals surface area (Å²) in [6.45, 7) is 4.04. The summed E-state index contributed by atoms with van der Waals surface area (Å²) in [5.41, 5.74) is -0.345. The Morgan fingerprint density at radius 2 is 1.83 bits per heavy atom. The van der Waals surface area contributed by atoms with Gasteiger partial charge in [-0.2, -0.15) is 0 Å². The number of rotatable bonds is 6. The fourth-order valence-corrected chi connectivity index (χ4v) is 2.78. The number of hydrogen-bond acceptors (Lipinski definition) is 2. The van der Waals surface area contributed by atoms with E-state index < -0.39 is 5.97 Å². The van der Waals surface area contributed by atoms with Crippen molar-refractivity contribution in [1.29, 1.82) is 0 Å². The topological polar surface area (TPSA) is 66.4 Å². The van der Waals surface area contributed by atoms with Crippen LogP contribution in [0.2, 0.25) is 0 Å². The molecule has 1 rings (SSSR count). The van der Waals surface area contributed by atoms with Crippen LogP contribution in [0.5, 0.6) is 0 Å². The minimum atomic E-state index is -0.811. The maximum Gasteiger partial charge on any atom is 0.303 e. The van der Waals surface area contributed by atoms with Crippen LogP contribution in [-0.4, -0.2) is 23.5 Å². The van der Waals surface area contributed by atoms with Gasteiger partial charge >= 0.3 is 5.97 Å². The smallest absolute Gasteiger partial charge is 0.303 e. The lowest BCUT2D eigenvalue weighted by Crippen LogP contribution is -2.35. The van der Waals surface area contributed by atoms with E-state index in [0.717, 1.165) is 32.1 Å². The highest BCUT2D eigenvalue weighted by Gasteiger charge is 2.36. The average molecular weight is 318 g/mol. The molecule has 0 unspecified atom stereocenters. The SMILES string of the molecule is C=C(Br)CNC(=O)CC1(CC(=O)O)CCCCC1. The van der Waals surface area contributed by atoms with Crippen molar-refractivity contribution in [3.8, 4) is 0 Å². The number of carboxylic acid groups (broad SMARTS) is 1. The molecule has 1 aliphatic rings. The van der Waals surface area contributed by atoms with E-state index in [9.17, 15) is 9.59 Å². The van der Waals surface area contributed by atoms with E-state index in [1.807, 2.05) is 0 Å². The van der Waals surface area contributed by atoms with Crippen molar-refractivity contribution in [2.24, 2.45) is 5.41 Å². The first-order valence-corrected chi connectivity index (χ1v) is 7.05. The van der Waals surface area contributed by atoms with Gasteiger partial charge in [-0.05, 0) is 18.3 Å². The summed E-state index contributed by atoms with van der Waals surface area (Å²) >= 11 is 3.18. The summed E-state index contributed by atoms with van der Waals surface area (Å²) in [5.74, 6) is -0.895. The van der Waals surface area contributed by atoms with E-state index in [4.69, 9.17) is 5.11 Å². The molecule has 0 spiro atoms. The number of carbonyl (C=O) groups excluding carboxylic acids is 1. The molecule has 1 aliphatic carbocycles. The first-order chi connectivity index (χ1) is 8.43. The number of nitrogens with one attached hydrogen (secondary N) is 1. The molecule has 4 nitrogen and oxygen atoms in total. The Balaban J connectivity index is 2.57. The first-order valence-electron chi connectivity index (χ1n) is 6.25. The van der Waals surface area contributed by atoms with Crippen molar-refractivity contribution >= 4 is 27.8 Å². The minimum Gasteiger partial charge on any atom is -0.481 e. The second-order valence-corrected chi connectivity index (χ2v) is 6.22. The van der Waals surface area contributed by atoms with Crippen LogP contribution >= 0.6 is 15.9 Å². The van der Waals surface area contributed by atoms with E-state index in [0.29, 0.717) is 17.4 Å². The third kappa shape index (κ3) is 5.21. The summed E-state index contributed by atoms with van der Waals surface area (Å²) in [7, 11) is 0. The van der Waals surface area contributed by atoms with Crippen molar-refractivity contribution < 1.29 is 14.7 Å². The van der Waals surface area contributed by atoms with Crippen LogP contribution in [0.4, 0.5) is 0 Å². The van der Waals surface area contributed by atoms with Gasteiger partial charge in [0.1, 0.15) is 0 Å². The van der Waals surface area contributed by atoms with Gasteiger partial charge in [-0.15, -0.1) is 0 Å². The van der Waals surface area contributed by atoms with Crippen LogP contribution in [0.3, 0.4) is 0 Å². The summed E-state index contributed by atoms with van der Waals surface area (Å²) in [6, 6.07) is 0. The Hall–Kier alpha value is -0.840. The second-order valence-electron chi connectivity index (χ2n) is 5.10. The molecule has 2 N–H and O–H groups in total. The van der Waals surface area contributed by atoms with E-state index in [2.05, 4.69) is 27.8 Å². The Kier molecular flexibility index (Phi) is 5.85. The molecular formula is C13H20BrNO3. The van der Waals surface area contributed by atoms with E-state index in [-0.39, 0.29) is 17.7 Å². The third-order valence-electron chi connectivity index (χ3n) is 3.45. The van der Waals surface area contributed by atoms with Gasteiger partial charge in [0.2, 0.25) is 5.91 Å². The maximum atomic E-state index is 11.8. The Morgan fingerprint density at radius 1 is 1.22 bits per heavy atom. The fraction of sp³-hybridized carbons (Fsp3) is 0.692. The molecule has 5 heteroatoms. The lowest BCUT2D eigenvalue weighted by atomic mass is 9.69. The highest BCUT2D eigenvalue weighted by atomic mass is 79.9. The fourth-order valence-electron chi connectivity index (χ4n) is 2.64. The number of carboxylic acids is 1. The second kappa shape index (κ2) is 6.92. The van der Waals surface area contributed by atoms with Gasteiger partial charge in [0, 0.05) is 17.4 Å². The molecule has 1 fully saturated rings. The highest BCUT2D eigenvalue weighted by Crippen LogP contribution is 2.42. The van der Waals surface area contributed by atoms with Crippen LogP contribution in [0.25, 0.3) is 0 Å². The van der Waals surface area contributed by atoms with E-state index in [1.165, 1.54) is 0 Å². The predicted molar refractivity (Wildman–Crippen MR) is 73.5 cm³/mol. The van der Waals surface area contributed by atoms with Gasteiger partial charge in [-0.3, -0.25) is 9.59 Å². The molecular weight excluding hydrogens is 298 g/mol. The zero-order chi connectivity index (χ0) is 13.6. The molecule has 0 heterocycles. The molecule has 102 valence electrons. The van der Waals surface area contributed by atoms with Crippen LogP contribution in [0.15, 0.2) is 11.1 Å². The average Bonchev–Trinajstić information content (AvgIpc) is 2.26. The molecule has 18 heavy (non-hydrogen) atoms. The third-order valence-corrected chi connectivity index (χ3v) is 3.73. The molecule has 0 bridgehead atoms. The highest BCUT2D eigenvalue weighted by molar-refractivity contribution is 9.11. The molecule has 1 saturated carbocycles. The maximum absolute atomic E-state index is 11.8. The van der Waals surface area contributed by atoms with Crippen LogP contribution < -0.4 is 5.32 Å². The predicted octanol–water partition coefficient (Wildman–Crippen LogP) is 2.83. The van der Waals surface area contributed by atoms with Gasteiger partial charge in [0.15, 0.2) is 0 Å². The molecule has 0 radical (unpaired) electrons. The minimum absolute atomic E-state index is 0.0845. The molecule has 0 saturated heterocycles. The Bertz CT molecular complexity index is 335. The number of hydrogen-bond donors (Lipinski definition) is 2. The molecule has 0 aromatic heterocycles. The van der Waals surface area contributed by atoms with Gasteiger partial charge in [-0.25, -0.2) is 0 Å². The van der Waals surface area contributed by atoms with Crippen molar-refractivity contribution in [2.45, 2.75) is 44.9 Å². The number of amides is 1. The van der Waals surface area contributed by atoms with Crippen molar-refractivity contribution in [3.63, 3.8) is 0 Å². The Morgan fingerprint density at radius 3 is 2.33 bits per heavy atom. The number of carbonyl (C=O) groups is 2. The van der Waals surface area contributed by atoms with Gasteiger partial charge < -0.3 is 10.4 Å². The quantitative estimate of drug-likeness (QED) is 0.791. The zero-order valence-corrected chi connectivity index (χ0v) is 12.1. The Labute approximate surface area is 116 Å². The normalized spacial score (nSPS) is 18.1. The monoisotopic (exact) mass is 317 g/mol. The van der Waals surface area contributed by atoms with E-state index in [1.54, 1.807) is 0 Å². The molecule has 1 amide bonds. The first kappa shape index (κ1) is 15.2. The summed E-state index contributed by atoms with van der Waals surface area (Å²) < 4.78 is 0.715. The van der Waals surface area contributed by atoms with Crippen molar-refractivity contribution in [2.75, 3.05) is 6.54 Å². The summed E-state index contributed by atoms with van der Waals surface area (Å²) in [6.07, 6.45) is 5.25. The van der Waals surface area contributed by atoms with Crippen molar-refractivity contribution in [1.82, 2.24) is 5.32 Å². The molecule has 0 aromatic rings. The molecule has 0 aromatic carbocycles. The summed E-state index contributed by atoms with van der Waals surface area (Å²) in [5, 5.41) is 11.8. The number of halogens is 1. The standard InChI is InChI=1S/C13H20BrNO3/c1-10(14)9-15-11(16)7-13(8-12(17)18)5-3-2-4-6-13/h1-9H2,(H,15,16)(H,17,18). The molecule has 0 atom stereocenters. The van der Waals surface area contributed by atoms with Gasteiger partial charge in [0.25, 0.3) is 0 Å². The lowest BCUT2D eigenvalue weighted by Gasteiger charge is -2.35. The van der Waals surface area contributed by atoms with Gasteiger partial charge in [0.05, 0.1) is 6.42 Å². The lowest BCUT2D eigenvalue weighted by molar-refractivity contribution is -0.141. The zero-order valence-electron chi connectivity index (χ0n) is 10.5.